The summed E-state index contributed by atoms with van der Waals surface area (Å²) in [6, 6.07) is 1.26. The Hall–Kier alpha value is -2.11. The van der Waals surface area contributed by atoms with Crippen molar-refractivity contribution in [1.82, 2.24) is 4.90 Å². The van der Waals surface area contributed by atoms with Crippen molar-refractivity contribution in [1.29, 1.82) is 0 Å². The third-order valence-corrected chi connectivity index (χ3v) is 3.06. The lowest BCUT2D eigenvalue weighted by molar-refractivity contribution is -0.128. The van der Waals surface area contributed by atoms with Gasteiger partial charge in [0.05, 0.1) is 6.61 Å². The van der Waals surface area contributed by atoms with Crippen molar-refractivity contribution in [2.75, 3.05) is 20.7 Å². The molecule has 0 aliphatic carbocycles. The molecule has 0 bridgehead atoms. The Morgan fingerprint density at radius 3 is 2.48 bits per heavy atom. The zero-order valence-corrected chi connectivity index (χ0v) is 12.9. The van der Waals surface area contributed by atoms with Crippen LogP contribution in [0.2, 0.25) is 0 Å². The second-order valence-corrected chi connectivity index (χ2v) is 5.06. The van der Waals surface area contributed by atoms with Crippen LogP contribution in [0, 0.1) is 13.8 Å². The van der Waals surface area contributed by atoms with Crippen molar-refractivity contribution in [3.8, 4) is 0 Å². The maximum absolute atomic E-state index is 11.9. The van der Waals surface area contributed by atoms with Crippen LogP contribution in [0.1, 0.15) is 40.9 Å². The highest BCUT2D eigenvalue weighted by Gasteiger charge is 2.16. The molecule has 1 amide bonds. The number of carbonyl (C=O) groups excluding carboxylic acids is 2. The summed E-state index contributed by atoms with van der Waals surface area (Å²) in [7, 11) is 3.41. The van der Waals surface area contributed by atoms with Gasteiger partial charge in [-0.1, -0.05) is 0 Å². The molecule has 0 aliphatic rings. The van der Waals surface area contributed by atoms with E-state index >= 15 is 0 Å². The lowest BCUT2D eigenvalue weighted by Crippen LogP contribution is -2.21. The Balaban J connectivity index is 2.45. The molecular weight excluding hydrogens is 274 g/mol. The molecule has 6 heteroatoms. The van der Waals surface area contributed by atoms with Crippen LogP contribution < -0.4 is 5.63 Å². The molecule has 6 nitrogen and oxygen atoms in total. The predicted octanol–water partition coefficient (Wildman–Crippen LogP) is 1.67. The Morgan fingerprint density at radius 1 is 1.24 bits per heavy atom. The van der Waals surface area contributed by atoms with E-state index < -0.39 is 11.6 Å². The Morgan fingerprint density at radius 2 is 1.90 bits per heavy atom. The molecule has 0 radical (unpaired) electrons. The third-order valence-electron chi connectivity index (χ3n) is 3.06. The molecule has 21 heavy (non-hydrogen) atoms. The fourth-order valence-corrected chi connectivity index (χ4v) is 1.90. The smallest absolute Gasteiger partial charge is 0.341 e. The summed E-state index contributed by atoms with van der Waals surface area (Å²) in [5, 5.41) is 0. The number of aryl methyl sites for hydroxylation is 2. The highest BCUT2D eigenvalue weighted by molar-refractivity contribution is 5.91. The van der Waals surface area contributed by atoms with E-state index in [4.69, 9.17) is 9.15 Å². The molecule has 1 rings (SSSR count). The third kappa shape index (κ3) is 5.06. The molecule has 0 N–H and O–H groups in total. The SMILES string of the molecule is Cc1cc(=O)oc(C)c1C(=O)OCCCCC(=O)N(C)C. The molecule has 0 unspecified atom stereocenters. The van der Waals surface area contributed by atoms with E-state index in [9.17, 15) is 14.4 Å². The van der Waals surface area contributed by atoms with Crippen molar-refractivity contribution >= 4 is 11.9 Å². The van der Waals surface area contributed by atoms with Gasteiger partial charge in [-0.15, -0.1) is 0 Å². The summed E-state index contributed by atoms with van der Waals surface area (Å²) in [6.45, 7) is 3.45. The number of unbranched alkanes of at least 4 members (excludes halogenated alkanes) is 1. The van der Waals surface area contributed by atoms with Crippen LogP contribution in [0.3, 0.4) is 0 Å². The first-order valence-corrected chi connectivity index (χ1v) is 6.81. The quantitative estimate of drug-likeness (QED) is 0.589. The van der Waals surface area contributed by atoms with Gasteiger partial charge in [0.2, 0.25) is 5.91 Å². The predicted molar refractivity (Wildman–Crippen MR) is 77.3 cm³/mol. The molecule has 0 saturated carbocycles. The highest BCUT2D eigenvalue weighted by atomic mass is 16.5. The number of nitrogens with zero attached hydrogens (tertiary/aromatic N) is 1. The normalized spacial score (nSPS) is 10.3. The van der Waals surface area contributed by atoms with Crippen LogP contribution >= 0.6 is 0 Å². The van der Waals surface area contributed by atoms with Crippen LogP contribution in [0.25, 0.3) is 0 Å². The molecule has 0 fully saturated rings. The standard InChI is InChI=1S/C15H21NO5/c1-10-9-13(18)21-11(2)14(10)15(19)20-8-6-5-7-12(17)16(3)4/h9H,5-8H2,1-4H3. The maximum Gasteiger partial charge on any atom is 0.341 e. The summed E-state index contributed by atoms with van der Waals surface area (Å²) in [4.78, 5) is 36.0. The van der Waals surface area contributed by atoms with E-state index in [0.29, 0.717) is 30.4 Å². The lowest BCUT2D eigenvalue weighted by Gasteiger charge is -2.10. The molecular formula is C15H21NO5. The number of hydrogen-bond donors (Lipinski definition) is 0. The van der Waals surface area contributed by atoms with Crippen LogP contribution in [0.5, 0.6) is 0 Å². The summed E-state index contributed by atoms with van der Waals surface area (Å²) in [5.41, 5.74) is 0.347. The van der Waals surface area contributed by atoms with Gasteiger partial charge in [-0.05, 0) is 32.3 Å². The number of rotatable bonds is 6. The second kappa shape index (κ2) is 7.61. The molecule has 0 spiro atoms. The monoisotopic (exact) mass is 295 g/mol. The van der Waals surface area contributed by atoms with E-state index in [1.807, 2.05) is 0 Å². The fourth-order valence-electron chi connectivity index (χ4n) is 1.90. The molecule has 0 aromatic carbocycles. The molecule has 1 aromatic heterocycles. The van der Waals surface area contributed by atoms with Crippen LogP contribution in [0.4, 0.5) is 0 Å². The van der Waals surface area contributed by atoms with Crippen molar-refractivity contribution in [3.63, 3.8) is 0 Å². The van der Waals surface area contributed by atoms with Gasteiger partial charge in [0.25, 0.3) is 0 Å². The zero-order valence-electron chi connectivity index (χ0n) is 12.9. The average Bonchev–Trinajstić information content (AvgIpc) is 2.36. The van der Waals surface area contributed by atoms with Crippen LogP contribution in [-0.2, 0) is 9.53 Å². The second-order valence-electron chi connectivity index (χ2n) is 5.06. The van der Waals surface area contributed by atoms with Gasteiger partial charge in [0, 0.05) is 26.6 Å². The molecule has 1 heterocycles. The molecule has 0 aliphatic heterocycles. The van der Waals surface area contributed by atoms with Crippen molar-refractivity contribution in [2.24, 2.45) is 0 Å². The van der Waals surface area contributed by atoms with E-state index in [-0.39, 0.29) is 18.3 Å². The van der Waals surface area contributed by atoms with Crippen molar-refractivity contribution < 1.29 is 18.7 Å². The van der Waals surface area contributed by atoms with E-state index in [0.717, 1.165) is 0 Å². The first-order valence-electron chi connectivity index (χ1n) is 6.81. The summed E-state index contributed by atoms with van der Waals surface area (Å²) >= 11 is 0. The van der Waals surface area contributed by atoms with E-state index in [1.54, 1.807) is 27.9 Å². The number of amides is 1. The number of ether oxygens (including phenoxy) is 1. The molecule has 0 saturated heterocycles. The minimum absolute atomic E-state index is 0.0536. The minimum atomic E-state index is -0.507. The first kappa shape index (κ1) is 16.9. The fraction of sp³-hybridized carbons (Fsp3) is 0.533. The maximum atomic E-state index is 11.9. The van der Waals surface area contributed by atoms with Crippen molar-refractivity contribution in [3.05, 3.63) is 33.4 Å². The van der Waals surface area contributed by atoms with Crippen LogP contribution in [0.15, 0.2) is 15.3 Å². The van der Waals surface area contributed by atoms with Crippen molar-refractivity contribution in [2.45, 2.75) is 33.1 Å². The van der Waals surface area contributed by atoms with Gasteiger partial charge in [-0.3, -0.25) is 4.79 Å². The summed E-state index contributed by atoms with van der Waals surface area (Å²) in [6.07, 6.45) is 1.70. The molecule has 0 atom stereocenters. The largest absolute Gasteiger partial charge is 0.462 e. The van der Waals surface area contributed by atoms with E-state index in [2.05, 4.69) is 0 Å². The van der Waals surface area contributed by atoms with Gasteiger partial charge >= 0.3 is 11.6 Å². The topological polar surface area (TPSA) is 76.8 Å². The average molecular weight is 295 g/mol. The van der Waals surface area contributed by atoms with Gasteiger partial charge in [0.15, 0.2) is 0 Å². The number of esters is 1. The van der Waals surface area contributed by atoms with Crippen LogP contribution in [-0.4, -0.2) is 37.5 Å². The Kier molecular flexibility index (Phi) is 6.14. The molecule has 1 aromatic rings. The summed E-state index contributed by atoms with van der Waals surface area (Å²) < 4.78 is 10.0. The zero-order chi connectivity index (χ0) is 16.0. The lowest BCUT2D eigenvalue weighted by atomic mass is 10.1. The van der Waals surface area contributed by atoms with Gasteiger partial charge in [-0.25, -0.2) is 9.59 Å². The first-order chi connectivity index (χ1) is 9.82. The minimum Gasteiger partial charge on any atom is -0.462 e. The number of carbonyl (C=O) groups is 2. The highest BCUT2D eigenvalue weighted by Crippen LogP contribution is 2.12. The Labute approximate surface area is 123 Å². The Bertz CT molecular complexity index is 548. The van der Waals surface area contributed by atoms with E-state index in [1.165, 1.54) is 11.0 Å². The van der Waals surface area contributed by atoms with Gasteiger partial charge in [0.1, 0.15) is 11.3 Å². The van der Waals surface area contributed by atoms with Gasteiger partial charge in [-0.2, -0.15) is 0 Å². The summed E-state index contributed by atoms with van der Waals surface area (Å²) in [5.74, 6) is -0.196. The number of hydrogen-bond acceptors (Lipinski definition) is 5. The van der Waals surface area contributed by atoms with Gasteiger partial charge < -0.3 is 14.1 Å². The molecule has 116 valence electrons.